The van der Waals surface area contributed by atoms with Crippen LogP contribution < -0.4 is 4.74 Å². The Morgan fingerprint density at radius 3 is 1.82 bits per heavy atom. The van der Waals surface area contributed by atoms with Crippen LogP contribution in [0.2, 0.25) is 0 Å². The molecule has 0 bridgehead atoms. The van der Waals surface area contributed by atoms with E-state index in [0.29, 0.717) is 11.5 Å². The number of hydrogen-bond donors (Lipinski definition) is 0. The lowest BCUT2D eigenvalue weighted by Gasteiger charge is -2.32. The van der Waals surface area contributed by atoms with E-state index in [2.05, 4.69) is 23.8 Å². The summed E-state index contributed by atoms with van der Waals surface area (Å²) < 4.78 is 56.8. The molecule has 1 aromatic carbocycles. The molecule has 0 heterocycles. The molecular formula is C29H42F4O. The molecule has 2 aliphatic rings. The van der Waals surface area contributed by atoms with Gasteiger partial charge in [0, 0.05) is 0 Å². The van der Waals surface area contributed by atoms with Crippen molar-refractivity contribution < 1.29 is 22.3 Å². The van der Waals surface area contributed by atoms with Crippen LogP contribution in [0.25, 0.3) is 0 Å². The SMILES string of the molecule is CCC/C=C/CCC[C@H]1CC[C@H](CC[C@H]2CC[C@H](c3cc(F)c(OC(F)F)c(F)c3)CC2)CC1. The monoisotopic (exact) mass is 482 g/mol. The number of allylic oxidation sites excluding steroid dienone is 2. The van der Waals surface area contributed by atoms with Crippen LogP contribution >= 0.6 is 0 Å². The first kappa shape index (κ1) is 27.1. The Morgan fingerprint density at radius 2 is 1.29 bits per heavy atom. The summed E-state index contributed by atoms with van der Waals surface area (Å²) in [6, 6.07) is 2.34. The third-order valence-corrected chi connectivity index (χ3v) is 8.10. The van der Waals surface area contributed by atoms with Gasteiger partial charge in [-0.25, -0.2) is 8.78 Å². The van der Waals surface area contributed by atoms with Crippen LogP contribution in [-0.2, 0) is 0 Å². The van der Waals surface area contributed by atoms with E-state index in [4.69, 9.17) is 0 Å². The van der Waals surface area contributed by atoms with E-state index in [9.17, 15) is 17.6 Å². The van der Waals surface area contributed by atoms with Crippen molar-refractivity contribution in [3.8, 4) is 5.75 Å². The van der Waals surface area contributed by atoms with Gasteiger partial charge < -0.3 is 4.74 Å². The van der Waals surface area contributed by atoms with Gasteiger partial charge in [-0.15, -0.1) is 0 Å². The van der Waals surface area contributed by atoms with E-state index >= 15 is 0 Å². The number of hydrogen-bond acceptors (Lipinski definition) is 1. The lowest BCUT2D eigenvalue weighted by atomic mass is 9.74. The van der Waals surface area contributed by atoms with Crippen molar-refractivity contribution in [1.29, 1.82) is 0 Å². The fraction of sp³-hybridized carbons (Fsp3) is 0.724. The van der Waals surface area contributed by atoms with Crippen molar-refractivity contribution in [1.82, 2.24) is 0 Å². The van der Waals surface area contributed by atoms with Gasteiger partial charge in [0.25, 0.3) is 0 Å². The summed E-state index contributed by atoms with van der Waals surface area (Å²) >= 11 is 0. The Morgan fingerprint density at radius 1 is 0.794 bits per heavy atom. The fourth-order valence-corrected chi connectivity index (χ4v) is 6.01. The predicted molar refractivity (Wildman–Crippen MR) is 130 cm³/mol. The molecule has 0 atom stereocenters. The highest BCUT2D eigenvalue weighted by Crippen LogP contribution is 2.41. The molecule has 5 heteroatoms. The third kappa shape index (κ3) is 8.61. The molecule has 1 nitrogen and oxygen atoms in total. The van der Waals surface area contributed by atoms with Gasteiger partial charge in [0.05, 0.1) is 0 Å². The van der Waals surface area contributed by atoms with Crippen molar-refractivity contribution in [3.63, 3.8) is 0 Å². The number of alkyl halides is 2. The highest BCUT2D eigenvalue weighted by atomic mass is 19.3. The van der Waals surface area contributed by atoms with Crippen LogP contribution in [0.3, 0.4) is 0 Å². The number of halogens is 4. The number of unbranched alkanes of at least 4 members (excludes halogenated alkanes) is 2. The molecule has 3 rings (SSSR count). The number of ether oxygens (including phenoxy) is 1. The van der Waals surface area contributed by atoms with E-state index in [1.54, 1.807) is 0 Å². The van der Waals surface area contributed by atoms with Gasteiger partial charge in [0.15, 0.2) is 17.4 Å². The van der Waals surface area contributed by atoms with E-state index in [1.165, 1.54) is 82.8 Å². The Balaban J connectivity index is 1.33. The fourth-order valence-electron chi connectivity index (χ4n) is 6.01. The van der Waals surface area contributed by atoms with E-state index in [1.807, 2.05) is 0 Å². The molecule has 34 heavy (non-hydrogen) atoms. The van der Waals surface area contributed by atoms with Gasteiger partial charge >= 0.3 is 6.61 Å². The Hall–Kier alpha value is -1.52. The molecule has 0 radical (unpaired) electrons. The molecule has 0 N–H and O–H groups in total. The molecule has 0 saturated heterocycles. The molecule has 2 aliphatic carbocycles. The topological polar surface area (TPSA) is 9.23 Å². The van der Waals surface area contributed by atoms with E-state index in [0.717, 1.165) is 37.5 Å². The Kier molecular flexibility index (Phi) is 11.3. The van der Waals surface area contributed by atoms with E-state index < -0.39 is 24.0 Å². The lowest BCUT2D eigenvalue weighted by molar-refractivity contribution is -0.0546. The maximum Gasteiger partial charge on any atom is 0.387 e. The van der Waals surface area contributed by atoms with Gasteiger partial charge in [0.1, 0.15) is 0 Å². The second-order valence-corrected chi connectivity index (χ2v) is 10.6. The van der Waals surface area contributed by atoms with Crippen molar-refractivity contribution in [2.24, 2.45) is 17.8 Å². The molecule has 0 aromatic heterocycles. The summed E-state index contributed by atoms with van der Waals surface area (Å²) in [5.41, 5.74) is 0.564. The van der Waals surface area contributed by atoms with Crippen LogP contribution in [0.5, 0.6) is 5.75 Å². The summed E-state index contributed by atoms with van der Waals surface area (Å²) in [5, 5.41) is 0. The van der Waals surface area contributed by atoms with Crippen LogP contribution in [0.15, 0.2) is 24.3 Å². The zero-order valence-corrected chi connectivity index (χ0v) is 20.7. The first-order valence-corrected chi connectivity index (χ1v) is 13.5. The normalized spacial score (nSPS) is 25.8. The van der Waals surface area contributed by atoms with Crippen LogP contribution in [0.4, 0.5) is 17.6 Å². The first-order chi connectivity index (χ1) is 16.5. The average Bonchev–Trinajstić information content (AvgIpc) is 2.83. The third-order valence-electron chi connectivity index (χ3n) is 8.10. The second kappa shape index (κ2) is 14.1. The second-order valence-electron chi connectivity index (χ2n) is 10.6. The molecule has 0 spiro atoms. The molecule has 2 fully saturated rings. The molecule has 192 valence electrons. The zero-order valence-electron chi connectivity index (χ0n) is 20.7. The summed E-state index contributed by atoms with van der Waals surface area (Å²) in [4.78, 5) is 0. The van der Waals surface area contributed by atoms with Crippen molar-refractivity contribution >= 4 is 0 Å². The summed E-state index contributed by atoms with van der Waals surface area (Å²) in [6.07, 6.45) is 23.1. The number of rotatable bonds is 12. The van der Waals surface area contributed by atoms with Crippen molar-refractivity contribution in [3.05, 3.63) is 41.5 Å². The van der Waals surface area contributed by atoms with Gasteiger partial charge in [0.2, 0.25) is 0 Å². The minimum absolute atomic E-state index is 0.0908. The summed E-state index contributed by atoms with van der Waals surface area (Å²) in [5.74, 6) is -0.491. The minimum Gasteiger partial charge on any atom is -0.429 e. The predicted octanol–water partition coefficient (Wildman–Crippen LogP) is 9.95. The van der Waals surface area contributed by atoms with Crippen LogP contribution in [0, 0.1) is 29.4 Å². The molecule has 0 unspecified atom stereocenters. The van der Waals surface area contributed by atoms with Crippen molar-refractivity contribution in [2.45, 2.75) is 116 Å². The largest absolute Gasteiger partial charge is 0.429 e. The number of benzene rings is 1. The van der Waals surface area contributed by atoms with Crippen LogP contribution in [-0.4, -0.2) is 6.61 Å². The minimum atomic E-state index is -3.24. The maximum absolute atomic E-state index is 14.1. The standard InChI is InChI=1S/C29H42F4O/c1-2-3-4-5-6-7-8-21-9-11-22(12-10-21)13-14-23-15-17-24(18-16-23)25-19-26(30)28(27(31)20-25)34-29(32)33/h4-5,19-24,29H,2-3,6-18H2,1H3/b5-4+/t21-,22-,23-,24-. The van der Waals surface area contributed by atoms with Crippen molar-refractivity contribution in [2.75, 3.05) is 0 Å². The van der Waals surface area contributed by atoms with E-state index in [-0.39, 0.29) is 5.92 Å². The van der Waals surface area contributed by atoms with Gasteiger partial charge in [-0.3, -0.25) is 0 Å². The summed E-state index contributed by atoms with van der Waals surface area (Å²) in [6.45, 7) is -1.02. The van der Waals surface area contributed by atoms with Gasteiger partial charge in [-0.2, -0.15) is 8.78 Å². The molecule has 0 aliphatic heterocycles. The molecule has 0 amide bonds. The van der Waals surface area contributed by atoms with Crippen LogP contribution in [0.1, 0.15) is 115 Å². The smallest absolute Gasteiger partial charge is 0.387 e. The molecule has 2 saturated carbocycles. The van der Waals surface area contributed by atoms with Gasteiger partial charge in [-0.1, -0.05) is 70.4 Å². The highest BCUT2D eigenvalue weighted by Gasteiger charge is 2.27. The lowest BCUT2D eigenvalue weighted by Crippen LogP contribution is -2.18. The molecular weight excluding hydrogens is 440 g/mol. The maximum atomic E-state index is 14.1. The first-order valence-electron chi connectivity index (χ1n) is 13.5. The Labute approximate surface area is 203 Å². The average molecular weight is 483 g/mol. The molecule has 1 aromatic rings. The zero-order chi connectivity index (χ0) is 24.3. The highest BCUT2D eigenvalue weighted by molar-refractivity contribution is 5.33. The quantitative estimate of drug-likeness (QED) is 0.164. The van der Waals surface area contributed by atoms with Gasteiger partial charge in [-0.05, 0) is 86.3 Å². The Bertz CT molecular complexity index is 723. The summed E-state index contributed by atoms with van der Waals surface area (Å²) in [7, 11) is 0.